The molecule has 1 aromatic carbocycles. The average molecular weight is 441 g/mol. The third-order valence-corrected chi connectivity index (χ3v) is 5.67. The highest BCUT2D eigenvalue weighted by Gasteiger charge is 2.19. The Balaban J connectivity index is 1.46. The van der Waals surface area contributed by atoms with Crippen LogP contribution in [-0.4, -0.2) is 55.7 Å². The van der Waals surface area contributed by atoms with Crippen molar-refractivity contribution in [1.29, 1.82) is 0 Å². The molecule has 0 saturated carbocycles. The summed E-state index contributed by atoms with van der Waals surface area (Å²) < 4.78 is 22.5. The molecule has 0 atom stereocenters. The van der Waals surface area contributed by atoms with E-state index in [0.29, 0.717) is 19.0 Å². The topological polar surface area (TPSA) is 73.4 Å². The fourth-order valence-corrected chi connectivity index (χ4v) is 3.97. The van der Waals surface area contributed by atoms with Crippen LogP contribution in [0.3, 0.4) is 0 Å². The van der Waals surface area contributed by atoms with E-state index in [4.69, 9.17) is 14.8 Å². The molecule has 1 saturated heterocycles. The number of nitrogens with zero attached hydrogens (tertiary/aromatic N) is 7. The summed E-state index contributed by atoms with van der Waals surface area (Å²) in [5, 5.41) is 9.52. The molecular formula is C24H20FN7O. The second-order valence-corrected chi connectivity index (χ2v) is 7.76. The number of benzene rings is 1. The summed E-state index contributed by atoms with van der Waals surface area (Å²) in [6.45, 7) is 2.86. The number of rotatable bonds is 4. The van der Waals surface area contributed by atoms with Crippen molar-refractivity contribution < 1.29 is 9.13 Å². The summed E-state index contributed by atoms with van der Waals surface area (Å²) in [6.07, 6.45) is 5.37. The van der Waals surface area contributed by atoms with E-state index >= 15 is 0 Å². The van der Waals surface area contributed by atoms with Gasteiger partial charge in [-0.2, -0.15) is 14.7 Å². The molecule has 5 aromatic rings. The molecule has 0 radical (unpaired) electrons. The predicted molar refractivity (Wildman–Crippen MR) is 122 cm³/mol. The van der Waals surface area contributed by atoms with Gasteiger partial charge in [-0.3, -0.25) is 4.98 Å². The van der Waals surface area contributed by atoms with Gasteiger partial charge in [0.25, 0.3) is 0 Å². The molecular weight excluding hydrogens is 421 g/mol. The molecule has 6 rings (SSSR count). The van der Waals surface area contributed by atoms with Gasteiger partial charge in [0, 0.05) is 54.9 Å². The van der Waals surface area contributed by atoms with Crippen molar-refractivity contribution in [3.63, 3.8) is 0 Å². The van der Waals surface area contributed by atoms with Crippen molar-refractivity contribution in [2.24, 2.45) is 0 Å². The lowest BCUT2D eigenvalue weighted by molar-refractivity contribution is 0.122. The van der Waals surface area contributed by atoms with Crippen LogP contribution in [0.1, 0.15) is 0 Å². The van der Waals surface area contributed by atoms with Gasteiger partial charge in [0.1, 0.15) is 11.6 Å². The van der Waals surface area contributed by atoms with Gasteiger partial charge in [-0.25, -0.2) is 14.1 Å². The van der Waals surface area contributed by atoms with Crippen LogP contribution in [0, 0.1) is 5.82 Å². The highest BCUT2D eigenvalue weighted by atomic mass is 19.1. The van der Waals surface area contributed by atoms with Crippen molar-refractivity contribution in [3.05, 3.63) is 79.0 Å². The largest absolute Gasteiger partial charge is 0.378 e. The number of aromatic nitrogens is 6. The maximum absolute atomic E-state index is 13.3. The predicted octanol–water partition coefficient (Wildman–Crippen LogP) is 3.62. The molecule has 4 aromatic heterocycles. The van der Waals surface area contributed by atoms with Crippen molar-refractivity contribution in [1.82, 2.24) is 29.4 Å². The van der Waals surface area contributed by atoms with Crippen LogP contribution in [0.2, 0.25) is 0 Å². The molecule has 0 bridgehead atoms. The summed E-state index contributed by atoms with van der Waals surface area (Å²) in [5.41, 5.74) is 4.11. The van der Waals surface area contributed by atoms with Gasteiger partial charge < -0.3 is 9.64 Å². The number of morpholine rings is 1. The van der Waals surface area contributed by atoms with Crippen LogP contribution in [0.25, 0.3) is 34.0 Å². The maximum Gasteiger partial charge on any atom is 0.160 e. The molecule has 1 fully saturated rings. The smallest absolute Gasteiger partial charge is 0.160 e. The second-order valence-electron chi connectivity index (χ2n) is 7.76. The molecule has 8 nitrogen and oxygen atoms in total. The number of fused-ring (bicyclic) bond motifs is 1. The number of hydrogen-bond donors (Lipinski definition) is 0. The quantitative estimate of drug-likeness (QED) is 0.424. The zero-order valence-electron chi connectivity index (χ0n) is 17.7. The third-order valence-electron chi connectivity index (χ3n) is 5.67. The first kappa shape index (κ1) is 19.6. The van der Waals surface area contributed by atoms with Crippen LogP contribution >= 0.6 is 0 Å². The van der Waals surface area contributed by atoms with Crippen LogP contribution < -0.4 is 4.90 Å². The third kappa shape index (κ3) is 3.72. The van der Waals surface area contributed by atoms with E-state index in [1.807, 2.05) is 41.0 Å². The maximum atomic E-state index is 13.3. The van der Waals surface area contributed by atoms with Crippen molar-refractivity contribution >= 4 is 11.5 Å². The normalized spacial score (nSPS) is 14.2. The fourth-order valence-electron chi connectivity index (χ4n) is 3.97. The fraction of sp³-hybridized carbons (Fsp3) is 0.167. The molecule has 0 N–H and O–H groups in total. The lowest BCUT2D eigenvalue weighted by Crippen LogP contribution is -2.37. The van der Waals surface area contributed by atoms with Gasteiger partial charge in [-0.1, -0.05) is 0 Å². The standard InChI is InChI=1S/C24H20FN7O/c25-19-3-1-17(2-4-19)20-7-10-31(28-20)22-16-24(30-11-13-33-14-12-30)32-23(27-22)15-21(29-32)18-5-8-26-9-6-18/h1-10,15-16H,11-14H2. The lowest BCUT2D eigenvalue weighted by Gasteiger charge is -2.29. The van der Waals surface area contributed by atoms with Crippen LogP contribution in [-0.2, 0) is 4.74 Å². The van der Waals surface area contributed by atoms with Gasteiger partial charge in [0.15, 0.2) is 11.5 Å². The van der Waals surface area contributed by atoms with E-state index in [1.54, 1.807) is 29.2 Å². The zero-order valence-corrected chi connectivity index (χ0v) is 17.7. The molecule has 0 unspecified atom stereocenters. The molecule has 33 heavy (non-hydrogen) atoms. The minimum Gasteiger partial charge on any atom is -0.378 e. The highest BCUT2D eigenvalue weighted by molar-refractivity contribution is 5.66. The minimum atomic E-state index is -0.272. The SMILES string of the molecule is Fc1ccc(-c2ccn(-c3cc(N4CCOCC4)n4nc(-c5ccncc5)cc4n3)n2)cc1. The van der Waals surface area contributed by atoms with E-state index in [9.17, 15) is 4.39 Å². The Morgan fingerprint density at radius 2 is 1.58 bits per heavy atom. The van der Waals surface area contributed by atoms with E-state index in [2.05, 4.69) is 15.0 Å². The molecule has 9 heteroatoms. The zero-order chi connectivity index (χ0) is 22.2. The Morgan fingerprint density at radius 1 is 0.818 bits per heavy atom. The van der Waals surface area contributed by atoms with Gasteiger partial charge in [-0.05, 0) is 42.5 Å². The van der Waals surface area contributed by atoms with E-state index in [-0.39, 0.29) is 5.82 Å². The van der Waals surface area contributed by atoms with Gasteiger partial charge in [0.05, 0.1) is 24.6 Å². The first-order valence-electron chi connectivity index (χ1n) is 10.7. The number of pyridine rings is 1. The van der Waals surface area contributed by atoms with Crippen LogP contribution in [0.15, 0.2) is 73.2 Å². The highest BCUT2D eigenvalue weighted by Crippen LogP contribution is 2.26. The molecule has 1 aliphatic heterocycles. The Hall–Kier alpha value is -4.11. The Labute approximate surface area is 188 Å². The minimum absolute atomic E-state index is 0.272. The summed E-state index contributed by atoms with van der Waals surface area (Å²) in [6, 6.07) is 16.0. The van der Waals surface area contributed by atoms with Crippen LogP contribution in [0.4, 0.5) is 10.2 Å². The number of hydrogen-bond acceptors (Lipinski definition) is 6. The average Bonchev–Trinajstić information content (AvgIpc) is 3.53. The summed E-state index contributed by atoms with van der Waals surface area (Å²) in [7, 11) is 0. The Morgan fingerprint density at radius 3 is 2.36 bits per heavy atom. The van der Waals surface area contributed by atoms with Gasteiger partial charge in [-0.15, -0.1) is 0 Å². The van der Waals surface area contributed by atoms with Gasteiger partial charge in [0.2, 0.25) is 0 Å². The number of ether oxygens (including phenoxy) is 1. The monoisotopic (exact) mass is 441 g/mol. The molecule has 164 valence electrons. The van der Waals surface area contributed by atoms with Crippen molar-refractivity contribution in [2.75, 3.05) is 31.2 Å². The molecule has 0 spiro atoms. The van der Waals surface area contributed by atoms with E-state index in [1.165, 1.54) is 12.1 Å². The van der Waals surface area contributed by atoms with Crippen LogP contribution in [0.5, 0.6) is 0 Å². The van der Waals surface area contributed by atoms with Crippen molar-refractivity contribution in [3.8, 4) is 28.3 Å². The van der Waals surface area contributed by atoms with Gasteiger partial charge >= 0.3 is 0 Å². The van der Waals surface area contributed by atoms with Crippen molar-refractivity contribution in [2.45, 2.75) is 0 Å². The molecule has 0 amide bonds. The summed E-state index contributed by atoms with van der Waals surface area (Å²) in [4.78, 5) is 11.2. The Kier molecular flexibility index (Phi) is 4.80. The van der Waals surface area contributed by atoms with E-state index < -0.39 is 0 Å². The van der Waals surface area contributed by atoms with E-state index in [0.717, 1.165) is 47.1 Å². The molecule has 1 aliphatic rings. The summed E-state index contributed by atoms with van der Waals surface area (Å²) >= 11 is 0. The Bertz CT molecular complexity index is 1410. The first-order valence-corrected chi connectivity index (χ1v) is 10.7. The molecule has 5 heterocycles. The summed E-state index contributed by atoms with van der Waals surface area (Å²) in [5.74, 6) is 1.34. The number of anilines is 1. The second kappa shape index (κ2) is 8.10. The lowest BCUT2D eigenvalue weighted by atomic mass is 10.1. The molecule has 0 aliphatic carbocycles. The number of halogens is 1. The first-order chi connectivity index (χ1) is 16.2.